The van der Waals surface area contributed by atoms with Gasteiger partial charge < -0.3 is 9.88 Å². The largest absolute Gasteiger partial charge is 0.354 e. The van der Waals surface area contributed by atoms with Crippen molar-refractivity contribution in [2.75, 3.05) is 11.9 Å². The Bertz CT molecular complexity index is 794. The number of aromatic nitrogens is 2. The van der Waals surface area contributed by atoms with Gasteiger partial charge in [0.15, 0.2) is 5.13 Å². The van der Waals surface area contributed by atoms with E-state index in [1.165, 1.54) is 22.7 Å². The first-order chi connectivity index (χ1) is 11.7. The van der Waals surface area contributed by atoms with Crippen LogP contribution in [0.3, 0.4) is 0 Å². The highest BCUT2D eigenvalue weighted by molar-refractivity contribution is 7.14. The third-order valence-electron chi connectivity index (χ3n) is 3.26. The number of thiophene rings is 1. The van der Waals surface area contributed by atoms with Crippen molar-refractivity contribution < 1.29 is 9.59 Å². The number of hydrogen-bond acceptors (Lipinski definition) is 5. The van der Waals surface area contributed by atoms with Gasteiger partial charge in [0.2, 0.25) is 5.91 Å². The fraction of sp³-hybridized carbons (Fsp3) is 0.188. The first-order valence-electron chi connectivity index (χ1n) is 7.36. The van der Waals surface area contributed by atoms with Gasteiger partial charge in [0.05, 0.1) is 17.7 Å². The summed E-state index contributed by atoms with van der Waals surface area (Å²) in [7, 11) is 0. The molecule has 24 heavy (non-hydrogen) atoms. The van der Waals surface area contributed by atoms with Crippen LogP contribution in [0.4, 0.5) is 5.13 Å². The fourth-order valence-corrected chi connectivity index (χ4v) is 3.42. The van der Waals surface area contributed by atoms with Crippen LogP contribution < -0.4 is 10.6 Å². The molecular formula is C16H16N4O2S2. The van der Waals surface area contributed by atoms with E-state index >= 15 is 0 Å². The van der Waals surface area contributed by atoms with E-state index in [0.717, 1.165) is 6.54 Å². The second-order valence-corrected chi connectivity index (χ2v) is 6.70. The molecule has 0 unspecified atom stereocenters. The Balaban J connectivity index is 1.45. The van der Waals surface area contributed by atoms with Crippen molar-refractivity contribution in [2.24, 2.45) is 0 Å². The van der Waals surface area contributed by atoms with Crippen LogP contribution in [-0.2, 0) is 17.8 Å². The highest BCUT2D eigenvalue weighted by Gasteiger charge is 2.11. The van der Waals surface area contributed by atoms with Gasteiger partial charge in [0, 0.05) is 36.2 Å². The first-order valence-corrected chi connectivity index (χ1v) is 9.18. The van der Waals surface area contributed by atoms with Gasteiger partial charge in [-0.25, -0.2) is 4.98 Å². The van der Waals surface area contributed by atoms with Crippen LogP contribution >= 0.6 is 22.7 Å². The SMILES string of the molecule is O=C(Cc1csc(NC(=O)c2ccsc2)n1)NCCn1cccc1. The normalized spacial score (nSPS) is 10.5. The highest BCUT2D eigenvalue weighted by atomic mass is 32.1. The average molecular weight is 360 g/mol. The molecule has 0 atom stereocenters. The first kappa shape index (κ1) is 16.4. The lowest BCUT2D eigenvalue weighted by Gasteiger charge is -2.05. The van der Waals surface area contributed by atoms with E-state index in [1.807, 2.05) is 34.5 Å². The maximum Gasteiger partial charge on any atom is 0.258 e. The van der Waals surface area contributed by atoms with Gasteiger partial charge in [0.25, 0.3) is 5.91 Å². The van der Waals surface area contributed by atoms with Crippen molar-refractivity contribution in [3.8, 4) is 0 Å². The second-order valence-electron chi connectivity index (χ2n) is 5.06. The van der Waals surface area contributed by atoms with Gasteiger partial charge in [-0.1, -0.05) is 0 Å². The molecule has 0 aliphatic carbocycles. The van der Waals surface area contributed by atoms with Crippen molar-refractivity contribution in [1.82, 2.24) is 14.9 Å². The molecule has 3 heterocycles. The molecule has 0 saturated carbocycles. The van der Waals surface area contributed by atoms with Gasteiger partial charge in [0.1, 0.15) is 0 Å². The van der Waals surface area contributed by atoms with Gasteiger partial charge in [-0.15, -0.1) is 11.3 Å². The van der Waals surface area contributed by atoms with Crippen molar-refractivity contribution in [2.45, 2.75) is 13.0 Å². The van der Waals surface area contributed by atoms with E-state index in [2.05, 4.69) is 15.6 Å². The number of anilines is 1. The number of carbonyl (C=O) groups is 2. The molecule has 0 radical (unpaired) electrons. The summed E-state index contributed by atoms with van der Waals surface area (Å²) in [5.74, 6) is -0.267. The molecule has 0 spiro atoms. The van der Waals surface area contributed by atoms with E-state index in [0.29, 0.717) is 22.9 Å². The van der Waals surface area contributed by atoms with Crippen LogP contribution in [0.1, 0.15) is 16.1 Å². The number of hydrogen-bond donors (Lipinski definition) is 2. The van der Waals surface area contributed by atoms with Gasteiger partial charge >= 0.3 is 0 Å². The Morgan fingerprint density at radius 1 is 1.21 bits per heavy atom. The minimum atomic E-state index is -0.187. The summed E-state index contributed by atoms with van der Waals surface area (Å²) in [6.45, 7) is 1.30. The molecule has 0 aromatic carbocycles. The van der Waals surface area contributed by atoms with Crippen LogP contribution in [0.2, 0.25) is 0 Å². The Morgan fingerprint density at radius 2 is 2.04 bits per heavy atom. The summed E-state index contributed by atoms with van der Waals surface area (Å²) in [4.78, 5) is 28.1. The van der Waals surface area contributed by atoms with Gasteiger partial charge in [-0.05, 0) is 23.6 Å². The van der Waals surface area contributed by atoms with Crippen molar-refractivity contribution >= 4 is 39.6 Å². The molecule has 8 heteroatoms. The van der Waals surface area contributed by atoms with E-state index < -0.39 is 0 Å². The Labute approximate surface area is 147 Å². The fourth-order valence-electron chi connectivity index (χ4n) is 2.08. The number of amides is 2. The van der Waals surface area contributed by atoms with Crippen LogP contribution in [0.25, 0.3) is 0 Å². The topological polar surface area (TPSA) is 76.0 Å². The van der Waals surface area contributed by atoms with Crippen molar-refractivity contribution in [1.29, 1.82) is 0 Å². The monoisotopic (exact) mass is 360 g/mol. The molecule has 0 fully saturated rings. The van der Waals surface area contributed by atoms with Crippen LogP contribution in [0, 0.1) is 0 Å². The third-order valence-corrected chi connectivity index (χ3v) is 4.75. The van der Waals surface area contributed by atoms with Crippen LogP contribution in [0.5, 0.6) is 0 Å². The summed E-state index contributed by atoms with van der Waals surface area (Å²) in [5.41, 5.74) is 1.26. The molecule has 124 valence electrons. The van der Waals surface area contributed by atoms with E-state index in [-0.39, 0.29) is 18.2 Å². The summed E-state index contributed by atoms with van der Waals surface area (Å²) >= 11 is 2.78. The van der Waals surface area contributed by atoms with E-state index in [4.69, 9.17) is 0 Å². The number of thiazole rings is 1. The zero-order valence-corrected chi connectivity index (χ0v) is 14.4. The zero-order chi connectivity index (χ0) is 16.8. The molecule has 0 aliphatic heterocycles. The van der Waals surface area contributed by atoms with Crippen LogP contribution in [0.15, 0.2) is 46.7 Å². The van der Waals surface area contributed by atoms with Gasteiger partial charge in [-0.2, -0.15) is 11.3 Å². The standard InChI is InChI=1S/C16H16N4O2S2/c21-14(17-4-7-20-5-1-2-6-20)9-13-11-24-16(18-13)19-15(22)12-3-8-23-10-12/h1-3,5-6,8,10-11H,4,7,9H2,(H,17,21)(H,18,19,22). The molecular weight excluding hydrogens is 344 g/mol. The lowest BCUT2D eigenvalue weighted by Crippen LogP contribution is -2.28. The summed E-state index contributed by atoms with van der Waals surface area (Å²) in [5, 5.41) is 11.5. The summed E-state index contributed by atoms with van der Waals surface area (Å²) in [6.07, 6.45) is 4.11. The molecule has 0 aliphatic rings. The molecule has 0 saturated heterocycles. The summed E-state index contributed by atoms with van der Waals surface area (Å²) < 4.78 is 2.00. The molecule has 3 aromatic heterocycles. The lowest BCUT2D eigenvalue weighted by atomic mass is 10.3. The van der Waals surface area contributed by atoms with Crippen molar-refractivity contribution in [3.05, 3.63) is 58.0 Å². The molecule has 2 amide bonds. The van der Waals surface area contributed by atoms with Crippen LogP contribution in [-0.4, -0.2) is 27.9 Å². The number of nitrogens with zero attached hydrogens (tertiary/aromatic N) is 2. The average Bonchev–Trinajstić information content (AvgIpc) is 3.30. The Morgan fingerprint density at radius 3 is 2.79 bits per heavy atom. The predicted molar refractivity (Wildman–Crippen MR) is 95.5 cm³/mol. The van der Waals surface area contributed by atoms with E-state index in [9.17, 15) is 9.59 Å². The lowest BCUT2D eigenvalue weighted by molar-refractivity contribution is -0.120. The molecule has 0 bridgehead atoms. The van der Waals surface area contributed by atoms with Gasteiger partial charge in [-0.3, -0.25) is 14.9 Å². The molecule has 3 aromatic rings. The van der Waals surface area contributed by atoms with Crippen molar-refractivity contribution in [3.63, 3.8) is 0 Å². The predicted octanol–water partition coefficient (Wildman–Crippen LogP) is 2.62. The minimum absolute atomic E-state index is 0.0804. The smallest absolute Gasteiger partial charge is 0.258 e. The molecule has 2 N–H and O–H groups in total. The maximum atomic E-state index is 11.9. The van der Waals surface area contributed by atoms with E-state index in [1.54, 1.807) is 16.8 Å². The highest BCUT2D eigenvalue weighted by Crippen LogP contribution is 2.17. The molecule has 6 nitrogen and oxygen atoms in total. The minimum Gasteiger partial charge on any atom is -0.354 e. The Kier molecular flexibility index (Phi) is 5.39. The second kappa shape index (κ2) is 7.89. The quantitative estimate of drug-likeness (QED) is 0.680. The number of nitrogens with one attached hydrogen (secondary N) is 2. The third kappa shape index (κ3) is 4.53. The maximum absolute atomic E-state index is 11.9. The zero-order valence-electron chi connectivity index (χ0n) is 12.8. The molecule has 3 rings (SSSR count). The number of rotatable bonds is 7. The summed E-state index contributed by atoms with van der Waals surface area (Å²) in [6, 6.07) is 5.65. The Hall–Kier alpha value is -2.45. The number of carbonyl (C=O) groups excluding carboxylic acids is 2.